The predicted octanol–water partition coefficient (Wildman–Crippen LogP) is 3.00. The van der Waals surface area contributed by atoms with E-state index in [0.29, 0.717) is 5.92 Å². The van der Waals surface area contributed by atoms with Crippen LogP contribution in [-0.2, 0) is 9.84 Å². The van der Waals surface area contributed by atoms with Crippen LogP contribution in [0.5, 0.6) is 0 Å². The summed E-state index contributed by atoms with van der Waals surface area (Å²) in [5.74, 6) is 0.775. The van der Waals surface area contributed by atoms with Gasteiger partial charge in [-0.2, -0.15) is 0 Å². The van der Waals surface area contributed by atoms with E-state index in [2.05, 4.69) is 33.0 Å². The normalized spacial score (nSPS) is 29.4. The van der Waals surface area contributed by atoms with Crippen LogP contribution in [0.3, 0.4) is 0 Å². The van der Waals surface area contributed by atoms with Crippen LogP contribution in [0.1, 0.15) is 60.3 Å². The van der Waals surface area contributed by atoms with Gasteiger partial charge in [-0.05, 0) is 43.6 Å². The Balaban J connectivity index is 2.87. The molecule has 0 radical (unpaired) electrons. The molecule has 0 saturated heterocycles. The lowest BCUT2D eigenvalue weighted by Crippen LogP contribution is -2.50. The lowest BCUT2D eigenvalue weighted by Gasteiger charge is -2.41. The van der Waals surface area contributed by atoms with Gasteiger partial charge in [0, 0.05) is 11.8 Å². The van der Waals surface area contributed by atoms with E-state index >= 15 is 0 Å². The van der Waals surface area contributed by atoms with Crippen molar-refractivity contribution in [1.82, 2.24) is 5.32 Å². The molecule has 114 valence electrons. The van der Waals surface area contributed by atoms with Crippen molar-refractivity contribution in [2.24, 2.45) is 11.3 Å². The summed E-state index contributed by atoms with van der Waals surface area (Å²) in [4.78, 5) is 0. The summed E-state index contributed by atoms with van der Waals surface area (Å²) in [6.07, 6.45) is 4.01. The summed E-state index contributed by atoms with van der Waals surface area (Å²) >= 11 is 0. The number of rotatable bonds is 5. The lowest BCUT2D eigenvalue weighted by atomic mass is 9.71. The molecule has 1 aliphatic rings. The average molecular weight is 289 g/mol. The first-order valence-electron chi connectivity index (χ1n) is 7.67. The quantitative estimate of drug-likeness (QED) is 0.846. The zero-order valence-electron chi connectivity index (χ0n) is 13.2. The SMILES string of the molecule is CCCNC1CCC(C(C)(C)C)CC1S(=O)(=O)CC. The first-order valence-corrected chi connectivity index (χ1v) is 9.38. The zero-order chi connectivity index (χ0) is 14.7. The van der Waals surface area contributed by atoms with Gasteiger partial charge in [0.1, 0.15) is 0 Å². The Bertz CT molecular complexity index is 370. The second-order valence-electron chi connectivity index (χ2n) is 6.93. The molecule has 0 aromatic rings. The molecule has 4 heteroatoms. The van der Waals surface area contributed by atoms with Gasteiger partial charge in [0.2, 0.25) is 0 Å². The minimum atomic E-state index is -2.96. The van der Waals surface area contributed by atoms with Gasteiger partial charge in [0.25, 0.3) is 0 Å². The summed E-state index contributed by atoms with van der Waals surface area (Å²) < 4.78 is 24.7. The summed E-state index contributed by atoms with van der Waals surface area (Å²) in [5.41, 5.74) is 0.206. The molecular formula is C15H31NO2S. The number of hydrogen-bond acceptors (Lipinski definition) is 3. The summed E-state index contributed by atoms with van der Waals surface area (Å²) in [6.45, 7) is 11.5. The van der Waals surface area contributed by atoms with Gasteiger partial charge in [-0.3, -0.25) is 0 Å². The topological polar surface area (TPSA) is 46.2 Å². The fourth-order valence-electron chi connectivity index (χ4n) is 3.09. The molecule has 0 spiro atoms. The van der Waals surface area contributed by atoms with Crippen molar-refractivity contribution >= 4 is 9.84 Å². The van der Waals surface area contributed by atoms with Crippen LogP contribution in [0, 0.1) is 11.3 Å². The van der Waals surface area contributed by atoms with Crippen molar-refractivity contribution in [1.29, 1.82) is 0 Å². The lowest BCUT2D eigenvalue weighted by molar-refractivity contribution is 0.162. The van der Waals surface area contributed by atoms with E-state index in [1.54, 1.807) is 6.92 Å². The minimum absolute atomic E-state index is 0.156. The monoisotopic (exact) mass is 289 g/mol. The van der Waals surface area contributed by atoms with E-state index in [9.17, 15) is 8.42 Å². The van der Waals surface area contributed by atoms with Gasteiger partial charge in [-0.25, -0.2) is 8.42 Å². The van der Waals surface area contributed by atoms with Crippen molar-refractivity contribution < 1.29 is 8.42 Å². The Morgan fingerprint density at radius 3 is 2.26 bits per heavy atom. The van der Waals surface area contributed by atoms with Gasteiger partial charge >= 0.3 is 0 Å². The van der Waals surface area contributed by atoms with E-state index in [1.807, 2.05) is 0 Å². The maximum Gasteiger partial charge on any atom is 0.154 e. The molecule has 1 aliphatic carbocycles. The molecule has 0 heterocycles. The first-order chi connectivity index (χ1) is 8.72. The zero-order valence-corrected chi connectivity index (χ0v) is 14.0. The molecule has 3 atom stereocenters. The smallest absolute Gasteiger partial charge is 0.154 e. The fourth-order valence-corrected chi connectivity index (χ4v) is 4.78. The van der Waals surface area contributed by atoms with Crippen LogP contribution < -0.4 is 5.32 Å². The third-order valence-electron chi connectivity index (χ3n) is 4.54. The molecule has 3 unspecified atom stereocenters. The predicted molar refractivity (Wildman–Crippen MR) is 82.1 cm³/mol. The molecule has 1 fully saturated rings. The Morgan fingerprint density at radius 2 is 1.79 bits per heavy atom. The van der Waals surface area contributed by atoms with Crippen LogP contribution >= 0.6 is 0 Å². The van der Waals surface area contributed by atoms with Crippen LogP contribution in [0.2, 0.25) is 0 Å². The maximum absolute atomic E-state index is 12.4. The van der Waals surface area contributed by atoms with E-state index in [-0.39, 0.29) is 22.5 Å². The molecule has 3 nitrogen and oxygen atoms in total. The van der Waals surface area contributed by atoms with Crippen LogP contribution in [0.4, 0.5) is 0 Å². The van der Waals surface area contributed by atoms with E-state index < -0.39 is 9.84 Å². The molecule has 0 aromatic carbocycles. The van der Waals surface area contributed by atoms with Gasteiger partial charge < -0.3 is 5.32 Å². The third kappa shape index (κ3) is 4.45. The summed E-state index contributed by atoms with van der Waals surface area (Å²) in [5, 5.41) is 3.26. The van der Waals surface area contributed by atoms with Gasteiger partial charge in [0.05, 0.1) is 5.25 Å². The fraction of sp³-hybridized carbons (Fsp3) is 1.00. The van der Waals surface area contributed by atoms with Crippen molar-refractivity contribution in [3.63, 3.8) is 0 Å². The second kappa shape index (κ2) is 6.57. The Morgan fingerprint density at radius 1 is 1.16 bits per heavy atom. The second-order valence-corrected chi connectivity index (χ2v) is 9.44. The first kappa shape index (κ1) is 17.0. The number of hydrogen-bond donors (Lipinski definition) is 1. The highest BCUT2D eigenvalue weighted by atomic mass is 32.2. The molecular weight excluding hydrogens is 258 g/mol. The van der Waals surface area contributed by atoms with Gasteiger partial charge in [-0.15, -0.1) is 0 Å². The molecule has 1 saturated carbocycles. The van der Waals surface area contributed by atoms with Crippen molar-refractivity contribution in [3.8, 4) is 0 Å². The van der Waals surface area contributed by atoms with Gasteiger partial charge in [0.15, 0.2) is 9.84 Å². The molecule has 0 amide bonds. The van der Waals surface area contributed by atoms with Crippen LogP contribution in [0.15, 0.2) is 0 Å². The Kier molecular flexibility index (Phi) is 5.87. The van der Waals surface area contributed by atoms with E-state index in [0.717, 1.165) is 32.2 Å². The number of sulfone groups is 1. The van der Waals surface area contributed by atoms with Crippen molar-refractivity contribution in [3.05, 3.63) is 0 Å². The van der Waals surface area contributed by atoms with Crippen molar-refractivity contribution in [2.75, 3.05) is 12.3 Å². The molecule has 0 aromatic heterocycles. The van der Waals surface area contributed by atoms with Crippen LogP contribution in [-0.4, -0.2) is 32.0 Å². The van der Waals surface area contributed by atoms with Gasteiger partial charge in [-0.1, -0.05) is 34.6 Å². The highest BCUT2D eigenvalue weighted by molar-refractivity contribution is 7.92. The molecule has 0 bridgehead atoms. The minimum Gasteiger partial charge on any atom is -0.313 e. The highest BCUT2D eigenvalue weighted by Crippen LogP contribution is 2.40. The standard InChI is InChI=1S/C15H31NO2S/c1-6-10-16-13-9-8-12(15(3,4)5)11-14(13)19(17,18)7-2/h12-14,16H,6-11H2,1-5H3. The third-order valence-corrected chi connectivity index (χ3v) is 6.78. The maximum atomic E-state index is 12.4. The summed E-state index contributed by atoms with van der Waals surface area (Å²) in [6, 6.07) is 0.156. The molecule has 0 aliphatic heterocycles. The number of nitrogens with one attached hydrogen (secondary N) is 1. The summed E-state index contributed by atoms with van der Waals surface area (Å²) in [7, 11) is -2.96. The molecule has 19 heavy (non-hydrogen) atoms. The highest BCUT2D eigenvalue weighted by Gasteiger charge is 2.41. The van der Waals surface area contributed by atoms with E-state index in [4.69, 9.17) is 0 Å². The Hall–Kier alpha value is -0.0900. The van der Waals surface area contributed by atoms with E-state index in [1.165, 1.54) is 0 Å². The van der Waals surface area contributed by atoms with Crippen molar-refractivity contribution in [2.45, 2.75) is 71.6 Å². The molecule has 1 rings (SSSR count). The Labute approximate surface area is 119 Å². The molecule has 1 N–H and O–H groups in total. The average Bonchev–Trinajstić information content (AvgIpc) is 2.35. The largest absolute Gasteiger partial charge is 0.313 e. The van der Waals surface area contributed by atoms with Crippen LogP contribution in [0.25, 0.3) is 0 Å².